The number of rotatable bonds is 3. The third-order valence-electron chi connectivity index (χ3n) is 1.87. The summed E-state index contributed by atoms with van der Waals surface area (Å²) in [5.41, 5.74) is 5.07. The minimum absolute atomic E-state index is 0.496. The summed E-state index contributed by atoms with van der Waals surface area (Å²) in [6.07, 6.45) is -4.62. The monoisotopic (exact) mass is 205 g/mol. The lowest BCUT2D eigenvalue weighted by Gasteiger charge is -2.20. The normalized spacial score (nSPS) is 26.2. The van der Waals surface area contributed by atoms with Crippen molar-refractivity contribution in [3.05, 3.63) is 11.6 Å². The van der Waals surface area contributed by atoms with E-state index >= 15 is 0 Å². The zero-order chi connectivity index (χ0) is 10.9. The molecule has 0 spiro atoms. The summed E-state index contributed by atoms with van der Waals surface area (Å²) in [6.45, 7) is -0.727. The quantitative estimate of drug-likeness (QED) is 0.340. The third kappa shape index (κ3) is 1.65. The summed E-state index contributed by atoms with van der Waals surface area (Å²) in [6, 6.07) is 0. The van der Waals surface area contributed by atoms with Crippen LogP contribution in [0.15, 0.2) is 11.6 Å². The molecular formula is C7H11NO6. The molecule has 3 unspecified atom stereocenters. The fourth-order valence-corrected chi connectivity index (χ4v) is 1.04. The van der Waals surface area contributed by atoms with Crippen LogP contribution in [0, 0.1) is 0 Å². The number of carbonyl (C=O) groups is 1. The van der Waals surface area contributed by atoms with Gasteiger partial charge in [0.1, 0.15) is 12.2 Å². The summed E-state index contributed by atoms with van der Waals surface area (Å²) in [5, 5.41) is 35.7. The molecule has 7 nitrogen and oxygen atoms in total. The predicted molar refractivity (Wildman–Crippen MR) is 42.8 cm³/mol. The number of nitrogens with two attached hydrogens (primary N) is 1. The van der Waals surface area contributed by atoms with Crippen LogP contribution in [0.4, 0.5) is 0 Å². The second-order valence-corrected chi connectivity index (χ2v) is 2.86. The van der Waals surface area contributed by atoms with Crippen molar-refractivity contribution in [1.29, 1.82) is 0 Å². The van der Waals surface area contributed by atoms with Gasteiger partial charge in [-0.15, -0.1) is 0 Å². The molecule has 0 radical (unpaired) electrons. The van der Waals surface area contributed by atoms with Crippen LogP contribution in [0.2, 0.25) is 0 Å². The van der Waals surface area contributed by atoms with Crippen molar-refractivity contribution < 1.29 is 30.0 Å². The van der Waals surface area contributed by atoms with E-state index < -0.39 is 42.3 Å². The second kappa shape index (κ2) is 3.82. The Kier molecular flexibility index (Phi) is 2.94. The first-order valence-corrected chi connectivity index (χ1v) is 3.85. The van der Waals surface area contributed by atoms with Crippen LogP contribution in [0.5, 0.6) is 0 Å². The number of hydrogen-bond acceptors (Lipinski definition) is 7. The Hall–Kier alpha value is -1.31. The molecule has 0 aromatic rings. The molecule has 0 saturated heterocycles. The number of hydrogen-bond donors (Lipinski definition) is 5. The molecule has 80 valence electrons. The van der Waals surface area contributed by atoms with Gasteiger partial charge in [-0.2, -0.15) is 0 Å². The number of Topliss-reactive ketones (excluding diaryl/α,β-unsaturated/α-hetero) is 1. The van der Waals surface area contributed by atoms with E-state index in [0.29, 0.717) is 0 Å². The van der Waals surface area contributed by atoms with Crippen LogP contribution in [0.25, 0.3) is 0 Å². The van der Waals surface area contributed by atoms with Gasteiger partial charge in [-0.1, -0.05) is 0 Å². The van der Waals surface area contributed by atoms with Crippen molar-refractivity contribution in [2.24, 2.45) is 5.73 Å². The second-order valence-electron chi connectivity index (χ2n) is 2.86. The molecule has 0 saturated carbocycles. The van der Waals surface area contributed by atoms with E-state index in [-0.39, 0.29) is 0 Å². The third-order valence-corrected chi connectivity index (χ3v) is 1.87. The first kappa shape index (κ1) is 10.8. The molecule has 1 aliphatic rings. The van der Waals surface area contributed by atoms with Crippen molar-refractivity contribution in [3.8, 4) is 0 Å². The molecule has 0 aliphatic carbocycles. The molecule has 0 aromatic heterocycles. The number of aliphatic hydroxyl groups excluding tert-OH is 4. The summed E-state index contributed by atoms with van der Waals surface area (Å²) < 4.78 is 4.61. The Morgan fingerprint density at radius 3 is 2.43 bits per heavy atom. The summed E-state index contributed by atoms with van der Waals surface area (Å²) in [5.74, 6) is -2.19. The van der Waals surface area contributed by atoms with Crippen LogP contribution >= 0.6 is 0 Å². The standard InChI is InChI=1S/C7H11NO6/c8-7-5(13)4(12)6(14-7)3(11)2(10)1-9/h2-3,6,9-11,13H,1,8H2. The van der Waals surface area contributed by atoms with Gasteiger partial charge in [-0.25, -0.2) is 0 Å². The Morgan fingerprint density at radius 2 is 2.07 bits per heavy atom. The van der Waals surface area contributed by atoms with Crippen molar-refractivity contribution in [1.82, 2.24) is 0 Å². The van der Waals surface area contributed by atoms with E-state index in [1.54, 1.807) is 0 Å². The van der Waals surface area contributed by atoms with E-state index in [4.69, 9.17) is 21.1 Å². The topological polar surface area (TPSA) is 133 Å². The summed E-state index contributed by atoms with van der Waals surface area (Å²) in [7, 11) is 0. The van der Waals surface area contributed by atoms with Crippen molar-refractivity contribution >= 4 is 5.78 Å². The number of ether oxygens (including phenoxy) is 1. The van der Waals surface area contributed by atoms with Crippen molar-refractivity contribution in [3.63, 3.8) is 0 Å². The Balaban J connectivity index is 2.71. The number of ketones is 1. The molecule has 0 aromatic carbocycles. The molecular weight excluding hydrogens is 194 g/mol. The maximum atomic E-state index is 11.1. The maximum Gasteiger partial charge on any atom is 0.245 e. The van der Waals surface area contributed by atoms with Crippen molar-refractivity contribution in [2.75, 3.05) is 6.61 Å². The first-order valence-electron chi connectivity index (χ1n) is 3.85. The van der Waals surface area contributed by atoms with Crippen LogP contribution < -0.4 is 5.73 Å². The van der Waals surface area contributed by atoms with Gasteiger partial charge >= 0.3 is 0 Å². The van der Waals surface area contributed by atoms with Gasteiger partial charge in [0.15, 0.2) is 6.10 Å². The molecule has 1 heterocycles. The molecule has 14 heavy (non-hydrogen) atoms. The van der Waals surface area contributed by atoms with E-state index in [1.807, 2.05) is 0 Å². The summed E-state index contributed by atoms with van der Waals surface area (Å²) in [4.78, 5) is 11.1. The Labute approximate surface area is 79.0 Å². The van der Waals surface area contributed by atoms with Gasteiger partial charge in [0.05, 0.1) is 6.61 Å². The highest BCUT2D eigenvalue weighted by Gasteiger charge is 2.41. The number of carbonyl (C=O) groups excluding carboxylic acids is 1. The molecule has 0 bridgehead atoms. The zero-order valence-electron chi connectivity index (χ0n) is 7.12. The largest absolute Gasteiger partial charge is 0.501 e. The van der Waals surface area contributed by atoms with Crippen molar-refractivity contribution in [2.45, 2.75) is 18.3 Å². The molecule has 7 heteroatoms. The predicted octanol–water partition coefficient (Wildman–Crippen LogP) is -2.65. The highest BCUT2D eigenvalue weighted by molar-refractivity contribution is 5.99. The summed E-state index contributed by atoms with van der Waals surface area (Å²) >= 11 is 0. The minimum Gasteiger partial charge on any atom is -0.501 e. The van der Waals surface area contributed by atoms with Crippen LogP contribution in [-0.2, 0) is 9.53 Å². The minimum atomic E-state index is -1.63. The SMILES string of the molecule is NC1=C(O)C(=O)C(C(O)C(O)CO)O1. The fourth-order valence-electron chi connectivity index (χ4n) is 1.04. The lowest BCUT2D eigenvalue weighted by molar-refractivity contribution is -0.135. The number of aliphatic hydroxyl groups is 4. The van der Waals surface area contributed by atoms with Gasteiger partial charge in [-0.05, 0) is 0 Å². The van der Waals surface area contributed by atoms with Gasteiger partial charge < -0.3 is 30.9 Å². The highest BCUT2D eigenvalue weighted by Crippen LogP contribution is 2.20. The average Bonchev–Trinajstić information content (AvgIpc) is 2.43. The fraction of sp³-hybridized carbons (Fsp3) is 0.571. The molecule has 1 aliphatic heterocycles. The van der Waals surface area contributed by atoms with Gasteiger partial charge in [0, 0.05) is 0 Å². The first-order chi connectivity index (χ1) is 6.49. The van der Waals surface area contributed by atoms with E-state index in [0.717, 1.165) is 0 Å². The highest BCUT2D eigenvalue weighted by atomic mass is 16.5. The van der Waals surface area contributed by atoms with Crippen LogP contribution in [0.3, 0.4) is 0 Å². The van der Waals surface area contributed by atoms with Gasteiger partial charge in [0.2, 0.25) is 17.4 Å². The molecule has 6 N–H and O–H groups in total. The molecule has 0 fully saturated rings. The lowest BCUT2D eigenvalue weighted by Crippen LogP contribution is -2.43. The zero-order valence-corrected chi connectivity index (χ0v) is 7.12. The van der Waals surface area contributed by atoms with E-state index in [9.17, 15) is 9.90 Å². The molecule has 3 atom stereocenters. The van der Waals surface area contributed by atoms with E-state index in [1.165, 1.54) is 0 Å². The Bertz CT molecular complexity index is 275. The van der Waals surface area contributed by atoms with Crippen LogP contribution in [-0.4, -0.2) is 51.1 Å². The van der Waals surface area contributed by atoms with Gasteiger partial charge in [0.25, 0.3) is 0 Å². The maximum absolute atomic E-state index is 11.1. The van der Waals surface area contributed by atoms with E-state index in [2.05, 4.69) is 4.74 Å². The molecule has 1 rings (SSSR count). The smallest absolute Gasteiger partial charge is 0.245 e. The average molecular weight is 205 g/mol. The van der Waals surface area contributed by atoms with Gasteiger partial charge in [-0.3, -0.25) is 4.79 Å². The van der Waals surface area contributed by atoms with Crippen LogP contribution in [0.1, 0.15) is 0 Å². The lowest BCUT2D eigenvalue weighted by atomic mass is 10.1. The molecule has 0 amide bonds. The Morgan fingerprint density at radius 1 is 1.50 bits per heavy atom.